The van der Waals surface area contributed by atoms with E-state index in [1.165, 1.54) is 21.6 Å². The Bertz CT molecular complexity index is 1770. The molecular formula is C31H31BrF3N5O4. The minimum Gasteiger partial charge on any atom is -0.491 e. The van der Waals surface area contributed by atoms with Crippen molar-refractivity contribution in [1.29, 1.82) is 0 Å². The van der Waals surface area contributed by atoms with Crippen molar-refractivity contribution in [3.05, 3.63) is 97.1 Å². The molecule has 1 amide bonds. The maximum Gasteiger partial charge on any atom is 0.417 e. The molecule has 0 saturated heterocycles. The summed E-state index contributed by atoms with van der Waals surface area (Å²) in [7, 11) is 0. The molecule has 2 atom stereocenters. The number of halogens is 4. The van der Waals surface area contributed by atoms with Gasteiger partial charge < -0.3 is 14.7 Å². The van der Waals surface area contributed by atoms with E-state index in [2.05, 4.69) is 21.0 Å². The molecule has 0 unspecified atom stereocenters. The number of ether oxygens (including phenoxy) is 1. The van der Waals surface area contributed by atoms with Gasteiger partial charge in [-0.3, -0.25) is 9.59 Å². The van der Waals surface area contributed by atoms with Crippen LogP contribution in [-0.2, 0) is 19.1 Å². The second kappa shape index (κ2) is 12.2. The fourth-order valence-electron chi connectivity index (χ4n) is 5.17. The number of rotatable bonds is 7. The van der Waals surface area contributed by atoms with Gasteiger partial charge >= 0.3 is 6.18 Å². The third kappa shape index (κ3) is 6.16. The van der Waals surface area contributed by atoms with Crippen molar-refractivity contribution in [2.45, 2.75) is 65.4 Å². The first-order chi connectivity index (χ1) is 20.8. The van der Waals surface area contributed by atoms with E-state index in [1.54, 1.807) is 35.9 Å². The normalized spacial score (nSPS) is 15.7. The smallest absolute Gasteiger partial charge is 0.417 e. The fraction of sp³-hybridized carbons (Fsp3) is 0.355. The van der Waals surface area contributed by atoms with Crippen LogP contribution in [0.15, 0.2) is 57.8 Å². The SMILES string of the molecule is CC[C@@H](O)COc1ccc(-n2c(-n3nc(C)cc3C)nc3c(c2=O)C[C@@H](C)N(C(=O)c2ccc(Br)c(C(F)(F)F)c2)C3)cc1. The van der Waals surface area contributed by atoms with Gasteiger partial charge in [-0.1, -0.05) is 22.9 Å². The molecule has 2 aromatic heterocycles. The molecule has 1 aliphatic rings. The third-order valence-corrected chi connectivity index (χ3v) is 8.27. The van der Waals surface area contributed by atoms with Gasteiger partial charge in [-0.05, 0) is 82.1 Å². The number of carbonyl (C=O) groups is 1. The number of aromatic nitrogens is 4. The number of aryl methyl sites for hydroxylation is 2. The maximum atomic E-state index is 14.1. The van der Waals surface area contributed by atoms with Crippen LogP contribution in [0.25, 0.3) is 11.6 Å². The lowest BCUT2D eigenvalue weighted by Crippen LogP contribution is -2.46. The molecule has 9 nitrogen and oxygen atoms in total. The predicted molar refractivity (Wildman–Crippen MR) is 160 cm³/mol. The number of fused-ring (bicyclic) bond motifs is 1. The van der Waals surface area contributed by atoms with E-state index in [0.29, 0.717) is 34.8 Å². The Kier molecular flexibility index (Phi) is 8.72. The first-order valence-electron chi connectivity index (χ1n) is 14.1. The topological polar surface area (TPSA) is 102 Å². The maximum absolute atomic E-state index is 14.1. The second-order valence-corrected chi connectivity index (χ2v) is 11.7. The van der Waals surface area contributed by atoms with Crippen LogP contribution < -0.4 is 10.3 Å². The lowest BCUT2D eigenvalue weighted by Gasteiger charge is -2.34. The number of alkyl halides is 3. The molecule has 0 radical (unpaired) electrons. The standard InChI is InChI=1S/C31H31BrF3N5O4/c1-5-22(41)16-44-23-9-7-21(8-10-23)39-29(43)24-13-18(3)38(15-27(24)36-30(39)40-19(4)12-17(2)37-40)28(42)20-6-11-26(32)25(14-20)31(33,34)35/h6-12,14,18,22,41H,5,13,15-16H2,1-4H3/t18-,22-/m1/s1. The summed E-state index contributed by atoms with van der Waals surface area (Å²) in [5.41, 5.74) is 1.30. The summed E-state index contributed by atoms with van der Waals surface area (Å²) < 4.78 is 49.1. The lowest BCUT2D eigenvalue weighted by atomic mass is 9.98. The van der Waals surface area contributed by atoms with Crippen molar-refractivity contribution >= 4 is 21.8 Å². The van der Waals surface area contributed by atoms with Crippen LogP contribution in [0.5, 0.6) is 5.75 Å². The highest BCUT2D eigenvalue weighted by Crippen LogP contribution is 2.36. The van der Waals surface area contributed by atoms with E-state index in [9.17, 15) is 27.9 Å². The first kappa shape index (κ1) is 31.5. The van der Waals surface area contributed by atoms with Crippen LogP contribution >= 0.6 is 15.9 Å². The van der Waals surface area contributed by atoms with Crippen LogP contribution in [0.2, 0.25) is 0 Å². The van der Waals surface area contributed by atoms with Gasteiger partial charge in [0.05, 0.1) is 35.3 Å². The van der Waals surface area contributed by atoms with E-state index in [-0.39, 0.29) is 41.1 Å². The Hall–Kier alpha value is -3.97. The van der Waals surface area contributed by atoms with Crippen LogP contribution in [0.1, 0.15) is 58.8 Å². The zero-order chi connectivity index (χ0) is 31.9. The molecule has 1 N–H and O–H groups in total. The van der Waals surface area contributed by atoms with Crippen LogP contribution in [0.4, 0.5) is 13.2 Å². The van der Waals surface area contributed by atoms with Crippen molar-refractivity contribution in [3.8, 4) is 17.4 Å². The highest BCUT2D eigenvalue weighted by Gasteiger charge is 2.36. The minimum absolute atomic E-state index is 0.0678. The first-order valence-corrected chi connectivity index (χ1v) is 14.8. The van der Waals surface area contributed by atoms with Gasteiger partial charge in [-0.25, -0.2) is 14.2 Å². The quantitative estimate of drug-likeness (QED) is 0.276. The molecule has 2 aromatic carbocycles. The molecule has 0 fully saturated rings. The Labute approximate surface area is 260 Å². The van der Waals surface area contributed by atoms with Crippen molar-refractivity contribution in [2.24, 2.45) is 0 Å². The summed E-state index contributed by atoms with van der Waals surface area (Å²) in [4.78, 5) is 33.9. The molecule has 5 rings (SSSR count). The third-order valence-electron chi connectivity index (χ3n) is 7.58. The molecule has 13 heteroatoms. The molecule has 44 heavy (non-hydrogen) atoms. The lowest BCUT2D eigenvalue weighted by molar-refractivity contribution is -0.138. The van der Waals surface area contributed by atoms with Gasteiger partial charge in [-0.15, -0.1) is 0 Å². The van der Waals surface area contributed by atoms with Crippen LogP contribution in [0.3, 0.4) is 0 Å². The number of hydrogen-bond acceptors (Lipinski definition) is 6. The Morgan fingerprint density at radius 3 is 2.48 bits per heavy atom. The second-order valence-electron chi connectivity index (χ2n) is 10.9. The fourth-order valence-corrected chi connectivity index (χ4v) is 5.64. The highest BCUT2D eigenvalue weighted by molar-refractivity contribution is 9.10. The van der Waals surface area contributed by atoms with Crippen molar-refractivity contribution < 1.29 is 27.8 Å². The summed E-state index contributed by atoms with van der Waals surface area (Å²) in [5.74, 6) is 0.139. The number of carbonyl (C=O) groups excluding carboxylic acids is 1. The zero-order valence-electron chi connectivity index (χ0n) is 24.5. The summed E-state index contributed by atoms with van der Waals surface area (Å²) >= 11 is 2.92. The van der Waals surface area contributed by atoms with Gasteiger partial charge in [0.25, 0.3) is 11.5 Å². The Morgan fingerprint density at radius 1 is 1.16 bits per heavy atom. The minimum atomic E-state index is -4.64. The number of aliphatic hydroxyl groups is 1. The molecule has 0 saturated carbocycles. The Balaban J connectivity index is 1.56. The number of nitrogens with zero attached hydrogens (tertiary/aromatic N) is 5. The molecule has 0 bridgehead atoms. The van der Waals surface area contributed by atoms with E-state index in [0.717, 1.165) is 11.8 Å². The molecular weight excluding hydrogens is 643 g/mol. The van der Waals surface area contributed by atoms with Crippen LogP contribution in [-0.4, -0.2) is 54.0 Å². The summed E-state index contributed by atoms with van der Waals surface area (Å²) in [6.07, 6.45) is -4.52. The molecule has 0 spiro atoms. The van der Waals surface area contributed by atoms with Crippen molar-refractivity contribution in [3.63, 3.8) is 0 Å². The number of aliphatic hydroxyl groups excluding tert-OH is 1. The zero-order valence-corrected chi connectivity index (χ0v) is 26.1. The molecule has 3 heterocycles. The van der Waals surface area contributed by atoms with Gasteiger partial charge in [0.15, 0.2) is 0 Å². The van der Waals surface area contributed by atoms with Gasteiger partial charge in [0.2, 0.25) is 5.95 Å². The highest BCUT2D eigenvalue weighted by atomic mass is 79.9. The van der Waals surface area contributed by atoms with Gasteiger partial charge in [-0.2, -0.15) is 18.3 Å². The number of amides is 1. The molecule has 4 aromatic rings. The van der Waals surface area contributed by atoms with E-state index in [4.69, 9.17) is 9.72 Å². The van der Waals surface area contributed by atoms with Crippen LogP contribution in [0, 0.1) is 13.8 Å². The Morgan fingerprint density at radius 2 is 1.86 bits per heavy atom. The summed E-state index contributed by atoms with van der Waals surface area (Å²) in [6, 6.07) is 11.6. The predicted octanol–water partition coefficient (Wildman–Crippen LogP) is 5.55. The van der Waals surface area contributed by atoms with E-state index >= 15 is 0 Å². The average molecular weight is 675 g/mol. The molecule has 0 aliphatic carbocycles. The largest absolute Gasteiger partial charge is 0.491 e. The monoisotopic (exact) mass is 673 g/mol. The van der Waals surface area contributed by atoms with Crippen molar-refractivity contribution in [1.82, 2.24) is 24.2 Å². The molecule has 1 aliphatic heterocycles. The average Bonchev–Trinajstić information content (AvgIpc) is 3.32. The van der Waals surface area contributed by atoms with Gasteiger partial charge in [0, 0.05) is 27.3 Å². The number of benzene rings is 2. The number of hydrogen-bond donors (Lipinski definition) is 1. The molecule has 232 valence electrons. The summed E-state index contributed by atoms with van der Waals surface area (Å²) in [5, 5.41) is 14.4. The van der Waals surface area contributed by atoms with Crippen molar-refractivity contribution in [2.75, 3.05) is 6.61 Å². The summed E-state index contributed by atoms with van der Waals surface area (Å²) in [6.45, 7) is 7.32. The van der Waals surface area contributed by atoms with E-state index in [1.807, 2.05) is 26.8 Å². The van der Waals surface area contributed by atoms with E-state index < -0.39 is 29.8 Å². The van der Waals surface area contributed by atoms with Gasteiger partial charge in [0.1, 0.15) is 12.4 Å².